The molecule has 0 bridgehead atoms. The molecule has 10 heavy (non-hydrogen) atoms. The molecule has 0 aliphatic carbocycles. The summed E-state index contributed by atoms with van der Waals surface area (Å²) in [5.41, 5.74) is 1.11. The van der Waals surface area contributed by atoms with Crippen molar-refractivity contribution < 1.29 is 0 Å². The quantitative estimate of drug-likeness (QED) is 0.720. The summed E-state index contributed by atoms with van der Waals surface area (Å²) in [5, 5.41) is 0. The minimum Gasteiger partial charge on any atom is -0.0984 e. The maximum Gasteiger partial charge on any atom is 0.0258 e. The lowest BCUT2D eigenvalue weighted by Gasteiger charge is -1.96. The molecule has 0 aromatic heterocycles. The minimum atomic E-state index is 1.07. The molecular weight excluding hydrogens is 256 g/mol. The van der Waals surface area contributed by atoms with Gasteiger partial charge >= 0.3 is 0 Å². The molecule has 0 saturated heterocycles. The Morgan fingerprint density at radius 1 is 1.30 bits per heavy atom. The lowest BCUT2D eigenvalue weighted by Crippen LogP contribution is -1.73. The molecule has 0 nitrogen and oxygen atoms in total. The van der Waals surface area contributed by atoms with Gasteiger partial charge in [0.05, 0.1) is 0 Å². The lowest BCUT2D eigenvalue weighted by atomic mass is 10.2. The molecule has 0 unspecified atom stereocenters. The van der Waals surface area contributed by atoms with Crippen molar-refractivity contribution in [3.63, 3.8) is 0 Å². The smallest absolute Gasteiger partial charge is 0.0258 e. The van der Waals surface area contributed by atoms with Crippen LogP contribution in [0.1, 0.15) is 5.56 Å². The van der Waals surface area contributed by atoms with Crippen molar-refractivity contribution in [2.45, 2.75) is 0 Å². The molecule has 0 N–H and O–H groups in total. The highest BCUT2D eigenvalue weighted by Gasteiger charge is 1.94. The third-order valence-corrected chi connectivity index (χ3v) is 2.36. The first-order chi connectivity index (χ1) is 4.74. The summed E-state index contributed by atoms with van der Waals surface area (Å²) in [6, 6.07) is 5.99. The summed E-state index contributed by atoms with van der Waals surface area (Å²) in [5.74, 6) is 0. The van der Waals surface area contributed by atoms with E-state index in [1.165, 1.54) is 0 Å². The van der Waals surface area contributed by atoms with E-state index >= 15 is 0 Å². The highest BCUT2D eigenvalue weighted by molar-refractivity contribution is 9.11. The van der Waals surface area contributed by atoms with E-state index in [2.05, 4.69) is 38.4 Å². The van der Waals surface area contributed by atoms with Crippen LogP contribution in [0.25, 0.3) is 6.08 Å². The average molecular weight is 262 g/mol. The SMILES string of the molecule is C=Cc1ccc(Br)cc1Br. The van der Waals surface area contributed by atoms with E-state index in [-0.39, 0.29) is 0 Å². The zero-order valence-electron chi connectivity index (χ0n) is 5.27. The molecule has 0 fully saturated rings. The van der Waals surface area contributed by atoms with Crippen LogP contribution in [0.2, 0.25) is 0 Å². The molecule has 0 atom stereocenters. The third kappa shape index (κ3) is 1.70. The van der Waals surface area contributed by atoms with Gasteiger partial charge in [-0.25, -0.2) is 0 Å². The zero-order valence-corrected chi connectivity index (χ0v) is 8.44. The maximum absolute atomic E-state index is 3.68. The van der Waals surface area contributed by atoms with Gasteiger partial charge in [0.15, 0.2) is 0 Å². The molecule has 0 aliphatic rings. The maximum atomic E-state index is 3.68. The van der Waals surface area contributed by atoms with Gasteiger partial charge in [0.25, 0.3) is 0 Å². The predicted octanol–water partition coefficient (Wildman–Crippen LogP) is 3.85. The van der Waals surface area contributed by atoms with Gasteiger partial charge in [-0.15, -0.1) is 0 Å². The number of halogens is 2. The Morgan fingerprint density at radius 2 is 2.00 bits per heavy atom. The van der Waals surface area contributed by atoms with Gasteiger partial charge in [0.2, 0.25) is 0 Å². The minimum absolute atomic E-state index is 1.07. The standard InChI is InChI=1S/C8H6Br2/c1-2-6-3-4-7(9)5-8(6)10/h2-5H,1H2. The second-order valence-electron chi connectivity index (χ2n) is 1.87. The number of rotatable bonds is 1. The lowest BCUT2D eigenvalue weighted by molar-refractivity contribution is 1.56. The summed E-state index contributed by atoms with van der Waals surface area (Å²) >= 11 is 6.77. The highest BCUT2D eigenvalue weighted by Crippen LogP contribution is 2.22. The van der Waals surface area contributed by atoms with Crippen LogP contribution in [0.5, 0.6) is 0 Å². The van der Waals surface area contributed by atoms with Gasteiger partial charge in [-0.05, 0) is 17.7 Å². The first-order valence-electron chi connectivity index (χ1n) is 2.81. The van der Waals surface area contributed by atoms with E-state index in [1.807, 2.05) is 24.3 Å². The van der Waals surface area contributed by atoms with Gasteiger partial charge in [-0.2, -0.15) is 0 Å². The highest BCUT2D eigenvalue weighted by atomic mass is 79.9. The summed E-state index contributed by atoms with van der Waals surface area (Å²) in [6.07, 6.45) is 1.82. The van der Waals surface area contributed by atoms with E-state index in [0.29, 0.717) is 0 Å². The normalized spacial score (nSPS) is 9.40. The molecule has 1 aromatic rings. The van der Waals surface area contributed by atoms with Crippen LogP contribution < -0.4 is 0 Å². The summed E-state index contributed by atoms with van der Waals surface area (Å²) < 4.78 is 2.14. The average Bonchev–Trinajstić information content (AvgIpc) is 1.88. The second kappa shape index (κ2) is 3.35. The topological polar surface area (TPSA) is 0 Å². The van der Waals surface area contributed by atoms with E-state index in [4.69, 9.17) is 0 Å². The van der Waals surface area contributed by atoms with Gasteiger partial charge in [0, 0.05) is 8.95 Å². The van der Waals surface area contributed by atoms with Crippen LogP contribution in [0.4, 0.5) is 0 Å². The van der Waals surface area contributed by atoms with E-state index in [9.17, 15) is 0 Å². The van der Waals surface area contributed by atoms with Crippen molar-refractivity contribution in [2.75, 3.05) is 0 Å². The van der Waals surface area contributed by atoms with Crippen LogP contribution in [-0.2, 0) is 0 Å². The van der Waals surface area contributed by atoms with Crippen molar-refractivity contribution in [2.24, 2.45) is 0 Å². The van der Waals surface area contributed by atoms with Crippen LogP contribution >= 0.6 is 31.9 Å². The number of benzene rings is 1. The fourth-order valence-corrected chi connectivity index (χ4v) is 1.88. The Kier molecular flexibility index (Phi) is 2.69. The molecular formula is C8H6Br2. The Balaban J connectivity index is 3.19. The molecule has 52 valence electrons. The van der Waals surface area contributed by atoms with E-state index < -0.39 is 0 Å². The Labute approximate surface area is 77.2 Å². The van der Waals surface area contributed by atoms with E-state index in [1.54, 1.807) is 0 Å². The monoisotopic (exact) mass is 260 g/mol. The van der Waals surface area contributed by atoms with Gasteiger partial charge in [0.1, 0.15) is 0 Å². The Morgan fingerprint density at radius 3 is 2.50 bits per heavy atom. The summed E-state index contributed by atoms with van der Waals surface area (Å²) in [4.78, 5) is 0. The van der Waals surface area contributed by atoms with Gasteiger partial charge in [-0.3, -0.25) is 0 Å². The Hall–Kier alpha value is -0.0800. The Bertz CT molecular complexity index is 253. The number of hydrogen-bond donors (Lipinski definition) is 0. The first kappa shape index (κ1) is 8.02. The van der Waals surface area contributed by atoms with Crippen molar-refractivity contribution in [3.8, 4) is 0 Å². The largest absolute Gasteiger partial charge is 0.0984 e. The van der Waals surface area contributed by atoms with E-state index in [0.717, 1.165) is 14.5 Å². The zero-order chi connectivity index (χ0) is 7.56. The fourth-order valence-electron chi connectivity index (χ4n) is 0.667. The summed E-state index contributed by atoms with van der Waals surface area (Å²) in [6.45, 7) is 3.68. The van der Waals surface area contributed by atoms with Crippen molar-refractivity contribution >= 4 is 37.9 Å². The van der Waals surface area contributed by atoms with Crippen molar-refractivity contribution in [3.05, 3.63) is 39.3 Å². The molecule has 0 heterocycles. The fraction of sp³-hybridized carbons (Fsp3) is 0. The molecule has 1 aromatic carbocycles. The predicted molar refractivity (Wildman–Crippen MR) is 51.9 cm³/mol. The van der Waals surface area contributed by atoms with Gasteiger partial charge in [-0.1, -0.05) is 50.6 Å². The number of hydrogen-bond acceptors (Lipinski definition) is 0. The second-order valence-corrected chi connectivity index (χ2v) is 3.64. The molecule has 0 amide bonds. The van der Waals surface area contributed by atoms with Crippen molar-refractivity contribution in [1.29, 1.82) is 0 Å². The third-order valence-electron chi connectivity index (χ3n) is 1.18. The van der Waals surface area contributed by atoms with Crippen LogP contribution in [0, 0.1) is 0 Å². The molecule has 2 heteroatoms. The molecule has 0 aliphatic heterocycles. The first-order valence-corrected chi connectivity index (χ1v) is 4.40. The van der Waals surface area contributed by atoms with Crippen LogP contribution in [0.3, 0.4) is 0 Å². The van der Waals surface area contributed by atoms with Crippen molar-refractivity contribution in [1.82, 2.24) is 0 Å². The van der Waals surface area contributed by atoms with Crippen LogP contribution in [0.15, 0.2) is 33.7 Å². The molecule has 0 radical (unpaired) electrons. The van der Waals surface area contributed by atoms with Crippen LogP contribution in [-0.4, -0.2) is 0 Å². The molecule has 1 rings (SSSR count). The molecule has 0 saturated carbocycles. The van der Waals surface area contributed by atoms with Gasteiger partial charge < -0.3 is 0 Å². The summed E-state index contributed by atoms with van der Waals surface area (Å²) in [7, 11) is 0. The molecule has 0 spiro atoms.